The molecule has 3 aromatic carbocycles. The highest BCUT2D eigenvalue weighted by atomic mass is 32.1. The van der Waals surface area contributed by atoms with E-state index in [1.807, 2.05) is 66.7 Å². The maximum atomic E-state index is 13.7. The van der Waals surface area contributed by atoms with Crippen molar-refractivity contribution < 1.29 is 9.53 Å². The summed E-state index contributed by atoms with van der Waals surface area (Å²) in [4.78, 5) is 31.8. The molecule has 5 rings (SSSR count). The minimum Gasteiger partial charge on any atom is -0.463 e. The van der Waals surface area contributed by atoms with Crippen LogP contribution in [0, 0.1) is 0 Å². The largest absolute Gasteiger partial charge is 0.463 e. The maximum absolute atomic E-state index is 13.7. The number of ether oxygens (including phenoxy) is 1. The molecule has 164 valence electrons. The minimum atomic E-state index is -0.587. The van der Waals surface area contributed by atoms with Gasteiger partial charge in [0.15, 0.2) is 4.80 Å². The first kappa shape index (κ1) is 21.1. The molecule has 1 atom stereocenters. The molecule has 33 heavy (non-hydrogen) atoms. The lowest BCUT2D eigenvalue weighted by molar-refractivity contribution is -0.139. The third kappa shape index (κ3) is 3.72. The van der Waals surface area contributed by atoms with Gasteiger partial charge in [0.05, 0.1) is 28.5 Å². The van der Waals surface area contributed by atoms with Crippen LogP contribution in [0.15, 0.2) is 93.9 Å². The summed E-state index contributed by atoms with van der Waals surface area (Å²) in [5, 5.41) is 2.19. The van der Waals surface area contributed by atoms with Crippen molar-refractivity contribution in [2.75, 3.05) is 6.61 Å². The van der Waals surface area contributed by atoms with E-state index in [9.17, 15) is 9.59 Å². The fraction of sp³-hybridized carbons (Fsp3) is 0.148. The van der Waals surface area contributed by atoms with Gasteiger partial charge in [0, 0.05) is 0 Å². The van der Waals surface area contributed by atoms with Crippen LogP contribution >= 0.6 is 11.3 Å². The summed E-state index contributed by atoms with van der Waals surface area (Å²) >= 11 is 1.34. The van der Waals surface area contributed by atoms with Gasteiger partial charge in [0.2, 0.25) is 0 Å². The number of esters is 1. The molecule has 4 aromatic rings. The molecular weight excluding hydrogens is 432 g/mol. The minimum absolute atomic E-state index is 0.171. The van der Waals surface area contributed by atoms with Crippen molar-refractivity contribution in [3.8, 4) is 0 Å². The predicted octanol–water partition coefficient (Wildman–Crippen LogP) is 3.95. The normalized spacial score (nSPS) is 15.9. The molecule has 0 bridgehead atoms. The second kappa shape index (κ2) is 8.64. The fourth-order valence-corrected chi connectivity index (χ4v) is 5.30. The first-order valence-electron chi connectivity index (χ1n) is 10.8. The number of thiazole rings is 1. The van der Waals surface area contributed by atoms with Crippen molar-refractivity contribution in [1.82, 2.24) is 4.57 Å². The van der Waals surface area contributed by atoms with Crippen molar-refractivity contribution in [2.24, 2.45) is 4.99 Å². The fourth-order valence-electron chi connectivity index (χ4n) is 4.26. The van der Waals surface area contributed by atoms with Crippen LogP contribution in [-0.2, 0) is 9.53 Å². The third-order valence-corrected chi connectivity index (χ3v) is 6.73. The Balaban J connectivity index is 1.75. The van der Waals surface area contributed by atoms with E-state index in [1.54, 1.807) is 18.4 Å². The Kier molecular flexibility index (Phi) is 5.52. The highest BCUT2D eigenvalue weighted by Crippen LogP contribution is 2.30. The van der Waals surface area contributed by atoms with Crippen LogP contribution in [0.1, 0.15) is 31.0 Å². The lowest BCUT2D eigenvalue weighted by atomic mass is 9.96. The van der Waals surface area contributed by atoms with Crippen molar-refractivity contribution in [3.05, 3.63) is 115 Å². The third-order valence-electron chi connectivity index (χ3n) is 5.74. The summed E-state index contributed by atoms with van der Waals surface area (Å²) < 4.78 is 7.53. The first-order valence-corrected chi connectivity index (χ1v) is 11.6. The number of carbonyl (C=O) groups is 1. The molecule has 1 aliphatic rings. The van der Waals surface area contributed by atoms with Crippen LogP contribution in [0.25, 0.3) is 16.8 Å². The highest BCUT2D eigenvalue weighted by molar-refractivity contribution is 7.07. The molecule has 0 fully saturated rings. The Labute approximate surface area is 194 Å². The summed E-state index contributed by atoms with van der Waals surface area (Å²) in [5.41, 5.74) is 2.60. The monoisotopic (exact) mass is 454 g/mol. The summed E-state index contributed by atoms with van der Waals surface area (Å²) in [7, 11) is 0. The number of aromatic nitrogens is 1. The van der Waals surface area contributed by atoms with E-state index in [1.165, 1.54) is 11.3 Å². The Morgan fingerprint density at radius 1 is 1.06 bits per heavy atom. The Morgan fingerprint density at radius 2 is 1.79 bits per heavy atom. The van der Waals surface area contributed by atoms with Crippen LogP contribution in [0.4, 0.5) is 0 Å². The van der Waals surface area contributed by atoms with E-state index in [0.717, 1.165) is 21.9 Å². The number of benzene rings is 3. The van der Waals surface area contributed by atoms with Gasteiger partial charge < -0.3 is 4.74 Å². The van der Waals surface area contributed by atoms with Gasteiger partial charge in [-0.05, 0) is 41.8 Å². The van der Waals surface area contributed by atoms with Crippen molar-refractivity contribution in [2.45, 2.75) is 19.9 Å². The zero-order chi connectivity index (χ0) is 22.9. The summed E-state index contributed by atoms with van der Waals surface area (Å²) in [6.07, 6.45) is 1.91. The molecule has 0 amide bonds. The zero-order valence-corrected chi connectivity index (χ0v) is 19.1. The van der Waals surface area contributed by atoms with E-state index in [4.69, 9.17) is 4.74 Å². The van der Waals surface area contributed by atoms with Crippen LogP contribution < -0.4 is 14.9 Å². The molecule has 0 radical (unpaired) electrons. The van der Waals surface area contributed by atoms with Gasteiger partial charge in [-0.2, -0.15) is 0 Å². The molecule has 1 aliphatic heterocycles. The Hall–Kier alpha value is -3.77. The molecule has 0 saturated carbocycles. The van der Waals surface area contributed by atoms with Gasteiger partial charge in [-0.1, -0.05) is 84.1 Å². The van der Waals surface area contributed by atoms with E-state index < -0.39 is 12.0 Å². The SMILES string of the molecule is CCOC(=O)C1=C(C)N=c2sc(=Cc3cccc4ccccc34)c(=O)n2[C@@H]1c1ccccc1. The summed E-state index contributed by atoms with van der Waals surface area (Å²) in [6.45, 7) is 3.82. The second-order valence-corrected chi connectivity index (χ2v) is 8.79. The molecule has 0 saturated heterocycles. The average Bonchev–Trinajstić information content (AvgIpc) is 3.13. The molecule has 0 aliphatic carbocycles. The van der Waals surface area contributed by atoms with Crippen molar-refractivity contribution in [1.29, 1.82) is 0 Å². The molecule has 0 unspecified atom stereocenters. The topological polar surface area (TPSA) is 60.7 Å². The number of rotatable bonds is 4. The molecule has 0 N–H and O–H groups in total. The predicted molar refractivity (Wildman–Crippen MR) is 131 cm³/mol. The van der Waals surface area contributed by atoms with E-state index in [2.05, 4.69) is 17.1 Å². The number of carbonyl (C=O) groups excluding carboxylic acids is 1. The van der Waals surface area contributed by atoms with Crippen LogP contribution in [-0.4, -0.2) is 17.1 Å². The number of fused-ring (bicyclic) bond motifs is 2. The Bertz CT molecular complexity index is 1570. The smallest absolute Gasteiger partial charge is 0.338 e. The highest BCUT2D eigenvalue weighted by Gasteiger charge is 2.33. The van der Waals surface area contributed by atoms with Crippen molar-refractivity contribution in [3.63, 3.8) is 0 Å². The lowest BCUT2D eigenvalue weighted by Gasteiger charge is -2.24. The molecule has 0 spiro atoms. The molecule has 6 heteroatoms. The van der Waals surface area contributed by atoms with Gasteiger partial charge in [-0.25, -0.2) is 9.79 Å². The van der Waals surface area contributed by atoms with E-state index in [-0.39, 0.29) is 12.2 Å². The maximum Gasteiger partial charge on any atom is 0.338 e. The van der Waals surface area contributed by atoms with Gasteiger partial charge in [0.25, 0.3) is 5.56 Å². The lowest BCUT2D eigenvalue weighted by Crippen LogP contribution is -2.39. The first-order chi connectivity index (χ1) is 16.1. The standard InChI is InChI=1S/C27H22N2O3S/c1-3-32-26(31)23-17(2)28-27-29(24(23)19-11-5-4-6-12-19)25(30)22(33-27)16-20-14-9-13-18-10-7-8-15-21(18)20/h4-16,24H,3H2,1-2H3/t24-/m1/s1. The summed E-state index contributed by atoms with van der Waals surface area (Å²) in [6, 6.07) is 23.1. The number of nitrogens with zero attached hydrogens (tertiary/aromatic N) is 2. The van der Waals surface area contributed by atoms with E-state index in [0.29, 0.717) is 20.6 Å². The van der Waals surface area contributed by atoms with Crippen molar-refractivity contribution >= 4 is 34.2 Å². The average molecular weight is 455 g/mol. The summed E-state index contributed by atoms with van der Waals surface area (Å²) in [5.74, 6) is -0.448. The van der Waals surface area contributed by atoms with Gasteiger partial charge in [0.1, 0.15) is 0 Å². The van der Waals surface area contributed by atoms with Gasteiger partial charge >= 0.3 is 5.97 Å². The van der Waals surface area contributed by atoms with E-state index >= 15 is 0 Å². The quantitative estimate of drug-likeness (QED) is 0.439. The zero-order valence-electron chi connectivity index (χ0n) is 18.3. The van der Waals surface area contributed by atoms with Crippen LogP contribution in [0.3, 0.4) is 0 Å². The van der Waals surface area contributed by atoms with Gasteiger partial charge in [-0.15, -0.1) is 0 Å². The molecule has 5 nitrogen and oxygen atoms in total. The van der Waals surface area contributed by atoms with Crippen LogP contribution in [0.2, 0.25) is 0 Å². The number of hydrogen-bond acceptors (Lipinski definition) is 5. The number of allylic oxidation sites excluding steroid dienone is 1. The molecule has 2 heterocycles. The van der Waals surface area contributed by atoms with Gasteiger partial charge in [-0.3, -0.25) is 9.36 Å². The molecular formula is C27H22N2O3S. The van der Waals surface area contributed by atoms with Crippen LogP contribution in [0.5, 0.6) is 0 Å². The second-order valence-electron chi connectivity index (χ2n) is 7.78. The Morgan fingerprint density at radius 3 is 2.58 bits per heavy atom. The number of hydrogen-bond donors (Lipinski definition) is 0. The molecule has 1 aromatic heterocycles.